The Kier molecular flexibility index (Phi) is 5.30. The van der Waals surface area contributed by atoms with E-state index in [1.54, 1.807) is 7.05 Å². The van der Waals surface area contributed by atoms with Gasteiger partial charge < -0.3 is 20.5 Å². The van der Waals surface area contributed by atoms with Crippen LogP contribution in [-0.4, -0.2) is 52.0 Å². The van der Waals surface area contributed by atoms with Crippen molar-refractivity contribution in [3.63, 3.8) is 0 Å². The zero-order valence-corrected chi connectivity index (χ0v) is 16.9. The van der Waals surface area contributed by atoms with Crippen molar-refractivity contribution in [2.75, 3.05) is 25.0 Å². The van der Waals surface area contributed by atoms with Gasteiger partial charge in [0.1, 0.15) is 11.6 Å². The molecule has 1 aliphatic carbocycles. The van der Waals surface area contributed by atoms with Gasteiger partial charge in [-0.2, -0.15) is 0 Å². The third kappa shape index (κ3) is 3.73. The van der Waals surface area contributed by atoms with Gasteiger partial charge >= 0.3 is 0 Å². The van der Waals surface area contributed by atoms with Crippen molar-refractivity contribution in [2.24, 2.45) is 0 Å². The third-order valence-corrected chi connectivity index (χ3v) is 5.84. The lowest BCUT2D eigenvalue weighted by Gasteiger charge is -2.21. The molecule has 0 aromatic carbocycles. The molecule has 0 saturated carbocycles. The maximum Gasteiger partial charge on any atom is 0.288 e. The first-order valence-corrected chi connectivity index (χ1v) is 10.2. The normalized spacial score (nSPS) is 19.0. The molecule has 28 heavy (non-hydrogen) atoms. The topological polar surface area (TPSA) is 98.8 Å². The molecule has 1 amide bonds. The van der Waals surface area contributed by atoms with E-state index in [-0.39, 0.29) is 11.7 Å². The minimum atomic E-state index is -0.250. The highest BCUT2D eigenvalue weighted by Crippen LogP contribution is 2.24. The Morgan fingerprint density at radius 2 is 2.04 bits per heavy atom. The largest absolute Gasteiger partial charge is 0.355 e. The molecule has 2 aromatic rings. The average Bonchev–Trinajstić information content (AvgIpc) is 3.34. The standard InChI is InChI=1S/C20H29N7O/c1-12-13(2)23-18(20(28)21-3)26-19(12)27-9-8-14(11-27)22-10-17-24-15-6-4-5-7-16(15)25-17/h14,22H,4-11H2,1-3H3,(H,21,28)(H,24,25)/t14-/m1/s1. The van der Waals surface area contributed by atoms with Gasteiger partial charge in [-0.3, -0.25) is 4.79 Å². The van der Waals surface area contributed by atoms with E-state index in [2.05, 4.69) is 30.5 Å². The fourth-order valence-corrected chi connectivity index (χ4v) is 4.09. The first-order valence-electron chi connectivity index (χ1n) is 10.2. The molecule has 0 bridgehead atoms. The maximum atomic E-state index is 12.0. The number of anilines is 1. The molecular formula is C20H29N7O. The number of imidazole rings is 1. The first-order chi connectivity index (χ1) is 13.5. The molecule has 0 spiro atoms. The molecule has 1 fully saturated rings. The number of carbonyl (C=O) groups excluding carboxylic acids is 1. The van der Waals surface area contributed by atoms with Crippen molar-refractivity contribution < 1.29 is 4.79 Å². The number of aromatic nitrogens is 4. The Hall–Kier alpha value is -2.48. The fourth-order valence-electron chi connectivity index (χ4n) is 4.09. The van der Waals surface area contributed by atoms with Gasteiger partial charge in [0.15, 0.2) is 0 Å². The quantitative estimate of drug-likeness (QED) is 0.722. The summed E-state index contributed by atoms with van der Waals surface area (Å²) in [7, 11) is 1.60. The van der Waals surface area contributed by atoms with Crippen LogP contribution in [0.15, 0.2) is 0 Å². The van der Waals surface area contributed by atoms with Gasteiger partial charge in [-0.15, -0.1) is 0 Å². The van der Waals surface area contributed by atoms with E-state index in [9.17, 15) is 4.79 Å². The zero-order chi connectivity index (χ0) is 19.7. The van der Waals surface area contributed by atoms with Gasteiger partial charge in [-0.05, 0) is 46.0 Å². The SMILES string of the molecule is CNC(=O)c1nc(C)c(C)c(N2CC[C@@H](NCc3nc4c([nH]3)CCCC4)C2)n1. The van der Waals surface area contributed by atoms with Crippen LogP contribution in [0.1, 0.15) is 58.4 Å². The molecule has 8 nitrogen and oxygen atoms in total. The lowest BCUT2D eigenvalue weighted by Crippen LogP contribution is -2.33. The van der Waals surface area contributed by atoms with Crippen molar-refractivity contribution in [3.05, 3.63) is 34.3 Å². The van der Waals surface area contributed by atoms with Gasteiger partial charge in [-0.25, -0.2) is 15.0 Å². The predicted molar refractivity (Wildman–Crippen MR) is 108 cm³/mol. The second kappa shape index (κ2) is 7.87. The molecule has 8 heteroatoms. The molecule has 0 unspecified atom stereocenters. The first kappa shape index (κ1) is 18.9. The molecule has 4 rings (SSSR count). The molecule has 1 atom stereocenters. The number of hydrogen-bond acceptors (Lipinski definition) is 6. The number of H-pyrrole nitrogens is 1. The number of carbonyl (C=O) groups is 1. The van der Waals surface area contributed by atoms with Crippen LogP contribution in [0.5, 0.6) is 0 Å². The summed E-state index contributed by atoms with van der Waals surface area (Å²) in [4.78, 5) is 31.3. The van der Waals surface area contributed by atoms with E-state index in [0.29, 0.717) is 6.04 Å². The highest BCUT2D eigenvalue weighted by Gasteiger charge is 2.26. The summed E-state index contributed by atoms with van der Waals surface area (Å²) in [6.45, 7) is 6.49. The van der Waals surface area contributed by atoms with E-state index >= 15 is 0 Å². The molecule has 2 aliphatic rings. The number of fused-ring (bicyclic) bond motifs is 1. The minimum absolute atomic E-state index is 0.234. The summed E-state index contributed by atoms with van der Waals surface area (Å²) in [5.41, 5.74) is 4.46. The van der Waals surface area contributed by atoms with Crippen molar-refractivity contribution >= 4 is 11.7 Å². The fraction of sp³-hybridized carbons (Fsp3) is 0.600. The van der Waals surface area contributed by atoms with E-state index in [4.69, 9.17) is 4.98 Å². The minimum Gasteiger partial charge on any atom is -0.355 e. The van der Waals surface area contributed by atoms with Crippen LogP contribution in [0.2, 0.25) is 0 Å². The number of nitrogens with zero attached hydrogens (tertiary/aromatic N) is 4. The van der Waals surface area contributed by atoms with Crippen LogP contribution < -0.4 is 15.5 Å². The number of amides is 1. The number of aryl methyl sites for hydroxylation is 3. The van der Waals surface area contributed by atoms with Crippen LogP contribution in [-0.2, 0) is 19.4 Å². The summed E-state index contributed by atoms with van der Waals surface area (Å²) in [5.74, 6) is 1.89. The number of hydrogen-bond donors (Lipinski definition) is 3. The molecule has 1 saturated heterocycles. The third-order valence-electron chi connectivity index (χ3n) is 5.84. The van der Waals surface area contributed by atoms with E-state index in [0.717, 1.165) is 61.8 Å². The van der Waals surface area contributed by atoms with Crippen molar-refractivity contribution in [1.29, 1.82) is 0 Å². The average molecular weight is 384 g/mol. The Morgan fingerprint density at radius 1 is 1.21 bits per heavy atom. The van der Waals surface area contributed by atoms with Crippen LogP contribution in [0.25, 0.3) is 0 Å². The van der Waals surface area contributed by atoms with E-state index in [1.807, 2.05) is 13.8 Å². The van der Waals surface area contributed by atoms with Gasteiger partial charge in [-0.1, -0.05) is 0 Å². The molecular weight excluding hydrogens is 354 g/mol. The Morgan fingerprint density at radius 3 is 2.82 bits per heavy atom. The van der Waals surface area contributed by atoms with Gasteiger partial charge in [0, 0.05) is 43.1 Å². The van der Waals surface area contributed by atoms with E-state index in [1.165, 1.54) is 24.2 Å². The summed E-state index contributed by atoms with van der Waals surface area (Å²) < 4.78 is 0. The Balaban J connectivity index is 1.41. The summed E-state index contributed by atoms with van der Waals surface area (Å²) in [6, 6.07) is 0.375. The summed E-state index contributed by atoms with van der Waals surface area (Å²) in [5, 5.41) is 6.24. The summed E-state index contributed by atoms with van der Waals surface area (Å²) in [6.07, 6.45) is 5.77. The lowest BCUT2D eigenvalue weighted by atomic mass is 10.0. The molecule has 2 aromatic heterocycles. The van der Waals surface area contributed by atoms with Crippen LogP contribution in [0.4, 0.5) is 5.82 Å². The Labute approximate surface area is 165 Å². The smallest absolute Gasteiger partial charge is 0.288 e. The number of rotatable bonds is 5. The highest BCUT2D eigenvalue weighted by atomic mass is 16.2. The molecule has 150 valence electrons. The number of nitrogens with one attached hydrogen (secondary N) is 3. The molecule has 0 radical (unpaired) electrons. The molecule has 1 aliphatic heterocycles. The highest BCUT2D eigenvalue weighted by molar-refractivity contribution is 5.90. The van der Waals surface area contributed by atoms with Crippen molar-refractivity contribution in [2.45, 2.75) is 58.5 Å². The van der Waals surface area contributed by atoms with Gasteiger partial charge in [0.2, 0.25) is 5.82 Å². The van der Waals surface area contributed by atoms with Gasteiger partial charge in [0.05, 0.1) is 12.2 Å². The number of aromatic amines is 1. The van der Waals surface area contributed by atoms with Crippen molar-refractivity contribution in [1.82, 2.24) is 30.6 Å². The second-order valence-corrected chi connectivity index (χ2v) is 7.79. The van der Waals surface area contributed by atoms with Gasteiger partial charge in [0.25, 0.3) is 5.91 Å². The maximum absolute atomic E-state index is 12.0. The van der Waals surface area contributed by atoms with Crippen LogP contribution in [0.3, 0.4) is 0 Å². The zero-order valence-electron chi connectivity index (χ0n) is 16.9. The lowest BCUT2D eigenvalue weighted by molar-refractivity contribution is 0.0952. The monoisotopic (exact) mass is 383 g/mol. The van der Waals surface area contributed by atoms with E-state index < -0.39 is 0 Å². The van der Waals surface area contributed by atoms with Crippen LogP contribution in [0, 0.1) is 13.8 Å². The summed E-state index contributed by atoms with van der Waals surface area (Å²) >= 11 is 0. The van der Waals surface area contributed by atoms with Crippen molar-refractivity contribution in [3.8, 4) is 0 Å². The second-order valence-electron chi connectivity index (χ2n) is 7.79. The van der Waals surface area contributed by atoms with Crippen LogP contribution >= 0.6 is 0 Å². The predicted octanol–water partition coefficient (Wildman–Crippen LogP) is 1.42. The molecule has 3 heterocycles. The Bertz CT molecular complexity index is 852. The molecule has 3 N–H and O–H groups in total.